The number of guanidine groups is 2. The molecule has 6 nitrogen and oxygen atoms in total. The molecule has 0 spiro atoms. The number of rotatable bonds is 3. The second kappa shape index (κ2) is 5.57. The van der Waals surface area contributed by atoms with Crippen LogP contribution in [0.3, 0.4) is 0 Å². The summed E-state index contributed by atoms with van der Waals surface area (Å²) in [5.74, 6) is 2.56. The highest BCUT2D eigenvalue weighted by atomic mass is 16.3. The van der Waals surface area contributed by atoms with Gasteiger partial charge in [0.25, 0.3) is 0 Å². The van der Waals surface area contributed by atoms with E-state index in [1.807, 2.05) is 26.1 Å². The summed E-state index contributed by atoms with van der Waals surface area (Å²) in [5, 5.41) is 6.27. The molecule has 1 aliphatic heterocycles. The van der Waals surface area contributed by atoms with E-state index in [2.05, 4.69) is 25.5 Å². The van der Waals surface area contributed by atoms with Gasteiger partial charge in [-0.1, -0.05) is 0 Å². The monoisotopic (exact) mass is 249 g/mol. The average molecular weight is 249 g/mol. The fourth-order valence-electron chi connectivity index (χ4n) is 1.74. The summed E-state index contributed by atoms with van der Waals surface area (Å²) in [6.07, 6.45) is 2.58. The van der Waals surface area contributed by atoms with Gasteiger partial charge in [-0.2, -0.15) is 0 Å². The predicted octanol–water partition coefficient (Wildman–Crippen LogP) is 0.634. The lowest BCUT2D eigenvalue weighted by Crippen LogP contribution is -2.54. The predicted molar refractivity (Wildman–Crippen MR) is 71.6 cm³/mol. The molecule has 0 amide bonds. The molecule has 0 saturated heterocycles. The third kappa shape index (κ3) is 3.03. The van der Waals surface area contributed by atoms with Gasteiger partial charge in [0.2, 0.25) is 5.96 Å². The molecule has 0 saturated carbocycles. The van der Waals surface area contributed by atoms with Crippen molar-refractivity contribution in [2.45, 2.75) is 19.5 Å². The molecule has 0 radical (unpaired) electrons. The van der Waals surface area contributed by atoms with Crippen molar-refractivity contribution in [1.29, 1.82) is 0 Å². The maximum atomic E-state index is 5.31. The van der Waals surface area contributed by atoms with Gasteiger partial charge in [-0.3, -0.25) is 10.3 Å². The second-order valence-electron chi connectivity index (χ2n) is 4.22. The van der Waals surface area contributed by atoms with Crippen LogP contribution in [0.5, 0.6) is 0 Å². The van der Waals surface area contributed by atoms with Crippen molar-refractivity contribution in [3.8, 4) is 0 Å². The molecule has 1 atom stereocenters. The molecule has 2 rings (SSSR count). The first-order chi connectivity index (χ1) is 8.69. The first-order valence-corrected chi connectivity index (χ1v) is 6.00. The Morgan fingerprint density at radius 3 is 3.06 bits per heavy atom. The van der Waals surface area contributed by atoms with E-state index >= 15 is 0 Å². The van der Waals surface area contributed by atoms with E-state index in [0.717, 1.165) is 30.6 Å². The number of hydrogen-bond acceptors (Lipinski definition) is 4. The van der Waals surface area contributed by atoms with Gasteiger partial charge in [-0.05, 0) is 19.1 Å². The molecule has 0 aromatic carbocycles. The van der Waals surface area contributed by atoms with Gasteiger partial charge < -0.3 is 14.6 Å². The van der Waals surface area contributed by atoms with Crippen molar-refractivity contribution >= 4 is 11.9 Å². The minimum Gasteiger partial charge on any atom is -0.469 e. The standard InChI is InChI=1S/C12H19N5O/c1-9-14-11(13-2)16-12(15-9)17(3)7-6-10-5-4-8-18-10/h4-5,8-9H,6-7H2,1-3H3,(H2,13,14,15,16). The average Bonchev–Trinajstić information content (AvgIpc) is 2.88. The first kappa shape index (κ1) is 12.5. The number of aliphatic imine (C=N–C) groups is 2. The minimum absolute atomic E-state index is 0.0333. The lowest BCUT2D eigenvalue weighted by molar-refractivity contribution is 0.438. The van der Waals surface area contributed by atoms with Crippen LogP contribution in [0, 0.1) is 0 Å². The van der Waals surface area contributed by atoms with Crippen LogP contribution in [0.1, 0.15) is 12.7 Å². The van der Waals surface area contributed by atoms with E-state index in [0.29, 0.717) is 0 Å². The smallest absolute Gasteiger partial charge is 0.202 e. The van der Waals surface area contributed by atoms with Crippen LogP contribution in [-0.4, -0.2) is 43.6 Å². The lowest BCUT2D eigenvalue weighted by atomic mass is 10.3. The molecule has 2 heterocycles. The number of nitrogens with one attached hydrogen (secondary N) is 2. The summed E-state index contributed by atoms with van der Waals surface area (Å²) in [6, 6.07) is 3.88. The van der Waals surface area contributed by atoms with E-state index in [4.69, 9.17) is 4.42 Å². The summed E-state index contributed by atoms with van der Waals surface area (Å²) >= 11 is 0. The minimum atomic E-state index is 0.0333. The van der Waals surface area contributed by atoms with E-state index in [-0.39, 0.29) is 6.17 Å². The zero-order valence-electron chi connectivity index (χ0n) is 11.0. The van der Waals surface area contributed by atoms with Crippen molar-refractivity contribution in [3.63, 3.8) is 0 Å². The molecular weight excluding hydrogens is 230 g/mol. The van der Waals surface area contributed by atoms with E-state index in [9.17, 15) is 0 Å². The number of nitrogens with zero attached hydrogens (tertiary/aromatic N) is 3. The van der Waals surface area contributed by atoms with Gasteiger partial charge in [0.1, 0.15) is 11.9 Å². The lowest BCUT2D eigenvalue weighted by Gasteiger charge is -2.28. The molecule has 98 valence electrons. The van der Waals surface area contributed by atoms with Gasteiger partial charge in [0, 0.05) is 27.1 Å². The quantitative estimate of drug-likeness (QED) is 0.825. The van der Waals surface area contributed by atoms with Gasteiger partial charge in [0.15, 0.2) is 5.96 Å². The van der Waals surface area contributed by atoms with Gasteiger partial charge in [-0.15, -0.1) is 0 Å². The maximum Gasteiger partial charge on any atom is 0.202 e. The molecule has 1 aromatic heterocycles. The number of hydrogen-bond donors (Lipinski definition) is 2. The van der Waals surface area contributed by atoms with Crippen LogP contribution >= 0.6 is 0 Å². The first-order valence-electron chi connectivity index (χ1n) is 6.00. The van der Waals surface area contributed by atoms with Crippen LogP contribution in [-0.2, 0) is 6.42 Å². The van der Waals surface area contributed by atoms with Crippen molar-refractivity contribution in [3.05, 3.63) is 24.2 Å². The fourth-order valence-corrected chi connectivity index (χ4v) is 1.74. The Balaban J connectivity index is 1.94. The van der Waals surface area contributed by atoms with Crippen LogP contribution in [0.25, 0.3) is 0 Å². The Kier molecular flexibility index (Phi) is 3.86. The Morgan fingerprint density at radius 2 is 2.39 bits per heavy atom. The highest BCUT2D eigenvalue weighted by Crippen LogP contribution is 2.03. The van der Waals surface area contributed by atoms with E-state index < -0.39 is 0 Å². The van der Waals surface area contributed by atoms with Gasteiger partial charge in [-0.25, -0.2) is 4.99 Å². The number of likely N-dealkylation sites (N-methyl/N-ethyl adjacent to an activating group) is 1. The second-order valence-corrected chi connectivity index (χ2v) is 4.22. The van der Waals surface area contributed by atoms with Crippen molar-refractivity contribution in [1.82, 2.24) is 15.5 Å². The Hall–Kier alpha value is -1.98. The third-order valence-corrected chi connectivity index (χ3v) is 2.75. The van der Waals surface area contributed by atoms with E-state index in [1.165, 1.54) is 0 Å². The Labute approximate surface area is 107 Å². The summed E-state index contributed by atoms with van der Waals surface area (Å²) < 4.78 is 5.31. The zero-order chi connectivity index (χ0) is 13.0. The van der Waals surface area contributed by atoms with Gasteiger partial charge >= 0.3 is 0 Å². The van der Waals surface area contributed by atoms with Crippen LogP contribution in [0.2, 0.25) is 0 Å². The van der Waals surface area contributed by atoms with Crippen molar-refractivity contribution in [2.75, 3.05) is 20.6 Å². The zero-order valence-corrected chi connectivity index (χ0v) is 11.0. The molecule has 1 aromatic rings. The molecule has 0 bridgehead atoms. The maximum absolute atomic E-state index is 5.31. The molecule has 0 fully saturated rings. The molecule has 0 aliphatic carbocycles. The fraction of sp³-hybridized carbons (Fsp3) is 0.500. The summed E-state index contributed by atoms with van der Waals surface area (Å²) in [5.41, 5.74) is 0. The molecule has 6 heteroatoms. The highest BCUT2D eigenvalue weighted by molar-refractivity contribution is 6.00. The third-order valence-electron chi connectivity index (χ3n) is 2.75. The summed E-state index contributed by atoms with van der Waals surface area (Å²) in [4.78, 5) is 10.7. The van der Waals surface area contributed by atoms with Crippen LogP contribution in [0.15, 0.2) is 32.8 Å². The summed E-state index contributed by atoms with van der Waals surface area (Å²) in [7, 11) is 3.74. The SMILES string of the molecule is CN=C1NC(N(C)CCc2ccco2)=NC(C)N1. The Bertz CT molecular complexity index is 437. The molecule has 1 aliphatic rings. The largest absolute Gasteiger partial charge is 0.469 e. The van der Waals surface area contributed by atoms with Gasteiger partial charge in [0.05, 0.1) is 6.26 Å². The topological polar surface area (TPSA) is 65.2 Å². The number of furan rings is 1. The van der Waals surface area contributed by atoms with Crippen molar-refractivity contribution in [2.24, 2.45) is 9.98 Å². The van der Waals surface area contributed by atoms with Crippen molar-refractivity contribution < 1.29 is 4.42 Å². The Morgan fingerprint density at radius 1 is 1.56 bits per heavy atom. The van der Waals surface area contributed by atoms with Crippen LogP contribution < -0.4 is 10.6 Å². The normalized spacial score (nSPS) is 21.2. The molecule has 18 heavy (non-hydrogen) atoms. The molecule has 1 unspecified atom stereocenters. The molecule has 2 N–H and O–H groups in total. The summed E-state index contributed by atoms with van der Waals surface area (Å²) in [6.45, 7) is 2.83. The highest BCUT2D eigenvalue weighted by Gasteiger charge is 2.17. The van der Waals surface area contributed by atoms with E-state index in [1.54, 1.807) is 13.3 Å². The van der Waals surface area contributed by atoms with Crippen LogP contribution in [0.4, 0.5) is 0 Å². The molecular formula is C12H19N5O.